The smallest absolute Gasteiger partial charge is 0.149 e. The van der Waals surface area contributed by atoms with Crippen molar-refractivity contribution in [2.45, 2.75) is 18.4 Å². The van der Waals surface area contributed by atoms with Crippen LogP contribution in [0.3, 0.4) is 0 Å². The van der Waals surface area contributed by atoms with Crippen LogP contribution in [-0.4, -0.2) is 0 Å². The van der Waals surface area contributed by atoms with Crippen molar-refractivity contribution >= 4 is 17.3 Å². The van der Waals surface area contributed by atoms with E-state index in [4.69, 9.17) is 11.6 Å². The van der Waals surface area contributed by atoms with Gasteiger partial charge in [0.2, 0.25) is 0 Å². The molecule has 0 radical (unpaired) electrons. The second kappa shape index (κ2) is 5.10. The summed E-state index contributed by atoms with van der Waals surface area (Å²) < 4.78 is 27.8. The molecule has 4 heteroatoms. The largest absolute Gasteiger partial charge is 0.375 e. The lowest BCUT2D eigenvalue weighted by atomic mass is 9.77. The van der Waals surface area contributed by atoms with Gasteiger partial charge >= 0.3 is 0 Å². The minimum absolute atomic E-state index is 0.0328. The first-order valence-electron chi connectivity index (χ1n) is 7.31. The lowest BCUT2D eigenvalue weighted by molar-refractivity contribution is 0.418. The molecule has 1 N–H and O–H groups in total. The van der Waals surface area contributed by atoms with Gasteiger partial charge in [-0.25, -0.2) is 8.78 Å². The molecule has 0 fully saturated rings. The highest BCUT2D eigenvalue weighted by Crippen LogP contribution is 2.50. The highest BCUT2D eigenvalue weighted by Gasteiger charge is 2.39. The van der Waals surface area contributed by atoms with Crippen LogP contribution >= 0.6 is 11.6 Å². The SMILES string of the molecule is Fc1cc(F)c2c(c1)[C@@H]1C=CC[C@H]1[C@H](c1cccc(Cl)c1)N2. The summed E-state index contributed by atoms with van der Waals surface area (Å²) in [7, 11) is 0. The fourth-order valence-electron chi connectivity index (χ4n) is 3.65. The Balaban J connectivity index is 1.84. The molecule has 0 unspecified atom stereocenters. The van der Waals surface area contributed by atoms with Crippen LogP contribution < -0.4 is 5.32 Å². The quantitative estimate of drug-likeness (QED) is 0.690. The lowest BCUT2D eigenvalue weighted by Gasteiger charge is -2.37. The van der Waals surface area contributed by atoms with Crippen LogP contribution in [0.1, 0.15) is 29.5 Å². The van der Waals surface area contributed by atoms with E-state index >= 15 is 0 Å². The third kappa shape index (κ3) is 2.12. The lowest BCUT2D eigenvalue weighted by Crippen LogP contribution is -2.29. The van der Waals surface area contributed by atoms with Gasteiger partial charge in [0.25, 0.3) is 0 Å². The van der Waals surface area contributed by atoms with E-state index < -0.39 is 11.6 Å². The van der Waals surface area contributed by atoms with E-state index in [9.17, 15) is 8.78 Å². The third-order valence-corrected chi connectivity index (χ3v) is 4.83. The Morgan fingerprint density at radius 1 is 1.14 bits per heavy atom. The first kappa shape index (κ1) is 13.8. The van der Waals surface area contributed by atoms with Crippen LogP contribution in [0.5, 0.6) is 0 Å². The number of allylic oxidation sites excluding steroid dienone is 2. The average Bonchev–Trinajstić information content (AvgIpc) is 2.96. The third-order valence-electron chi connectivity index (χ3n) is 4.59. The highest BCUT2D eigenvalue weighted by molar-refractivity contribution is 6.30. The van der Waals surface area contributed by atoms with Gasteiger partial charge in [-0.05, 0) is 41.7 Å². The van der Waals surface area contributed by atoms with Crippen molar-refractivity contribution in [1.29, 1.82) is 0 Å². The van der Waals surface area contributed by atoms with E-state index in [1.54, 1.807) is 0 Å². The van der Waals surface area contributed by atoms with Crippen molar-refractivity contribution in [2.75, 3.05) is 5.32 Å². The number of fused-ring (bicyclic) bond motifs is 3. The van der Waals surface area contributed by atoms with Crippen molar-refractivity contribution in [3.8, 4) is 0 Å². The Labute approximate surface area is 132 Å². The van der Waals surface area contributed by atoms with Gasteiger partial charge in [-0.15, -0.1) is 0 Å². The first-order valence-corrected chi connectivity index (χ1v) is 7.69. The monoisotopic (exact) mass is 317 g/mol. The number of anilines is 1. The maximum Gasteiger partial charge on any atom is 0.149 e. The summed E-state index contributed by atoms with van der Waals surface area (Å²) in [6.07, 6.45) is 5.03. The summed E-state index contributed by atoms with van der Waals surface area (Å²) >= 11 is 6.09. The molecule has 2 aliphatic rings. The normalized spacial score (nSPS) is 25.5. The molecule has 0 saturated carbocycles. The minimum Gasteiger partial charge on any atom is -0.375 e. The average molecular weight is 318 g/mol. The van der Waals surface area contributed by atoms with Gasteiger partial charge in [-0.2, -0.15) is 0 Å². The molecule has 0 spiro atoms. The Morgan fingerprint density at radius 2 is 2.00 bits per heavy atom. The van der Waals surface area contributed by atoms with Crippen LogP contribution in [0.15, 0.2) is 48.6 Å². The van der Waals surface area contributed by atoms with Crippen LogP contribution in [-0.2, 0) is 0 Å². The fourth-order valence-corrected chi connectivity index (χ4v) is 3.85. The van der Waals surface area contributed by atoms with Crippen molar-refractivity contribution < 1.29 is 8.78 Å². The fraction of sp³-hybridized carbons (Fsp3) is 0.222. The maximum absolute atomic E-state index is 14.2. The zero-order valence-corrected chi connectivity index (χ0v) is 12.4. The topological polar surface area (TPSA) is 12.0 Å². The van der Waals surface area contributed by atoms with Gasteiger partial charge in [0.05, 0.1) is 11.7 Å². The molecule has 22 heavy (non-hydrogen) atoms. The molecule has 112 valence electrons. The Morgan fingerprint density at radius 3 is 2.82 bits per heavy atom. The summed E-state index contributed by atoms with van der Waals surface area (Å²) in [4.78, 5) is 0. The van der Waals surface area contributed by atoms with Gasteiger partial charge in [-0.3, -0.25) is 0 Å². The molecular formula is C18H14ClF2N. The second-order valence-corrected chi connectivity index (χ2v) is 6.32. The number of benzene rings is 2. The summed E-state index contributed by atoms with van der Waals surface area (Å²) in [6, 6.07) is 9.94. The highest BCUT2D eigenvalue weighted by atomic mass is 35.5. The van der Waals surface area contributed by atoms with Crippen molar-refractivity contribution in [3.63, 3.8) is 0 Å². The molecule has 2 aromatic carbocycles. The predicted octanol–water partition coefficient (Wildman–Crippen LogP) is 5.44. The molecular weight excluding hydrogens is 304 g/mol. The van der Waals surface area contributed by atoms with Crippen molar-refractivity contribution in [1.82, 2.24) is 0 Å². The molecule has 1 nitrogen and oxygen atoms in total. The molecule has 2 aromatic rings. The number of halogens is 3. The summed E-state index contributed by atoms with van der Waals surface area (Å²) in [5, 5.41) is 3.93. The number of hydrogen-bond acceptors (Lipinski definition) is 1. The van der Waals surface area contributed by atoms with E-state index in [-0.39, 0.29) is 17.9 Å². The zero-order chi connectivity index (χ0) is 15.3. The van der Waals surface area contributed by atoms with Crippen molar-refractivity contribution in [2.24, 2.45) is 5.92 Å². The van der Waals surface area contributed by atoms with Crippen LogP contribution in [0, 0.1) is 17.6 Å². The van der Waals surface area contributed by atoms with Crippen molar-refractivity contribution in [3.05, 3.63) is 76.3 Å². The zero-order valence-electron chi connectivity index (χ0n) is 11.7. The molecule has 4 rings (SSSR count). The molecule has 0 amide bonds. The minimum atomic E-state index is -0.541. The van der Waals surface area contributed by atoms with E-state index in [0.29, 0.717) is 16.3 Å². The Hall–Kier alpha value is -1.87. The van der Waals surface area contributed by atoms with E-state index in [2.05, 4.69) is 17.5 Å². The van der Waals surface area contributed by atoms with E-state index in [1.807, 2.05) is 24.3 Å². The second-order valence-electron chi connectivity index (χ2n) is 5.88. The maximum atomic E-state index is 14.2. The molecule has 3 atom stereocenters. The molecule has 1 aliphatic carbocycles. The molecule has 0 bridgehead atoms. The number of hydrogen-bond donors (Lipinski definition) is 1. The summed E-state index contributed by atoms with van der Waals surface area (Å²) in [5.74, 6) is -0.795. The Bertz CT molecular complexity index is 772. The van der Waals surface area contributed by atoms with Gasteiger partial charge in [-0.1, -0.05) is 35.9 Å². The van der Waals surface area contributed by atoms with Crippen LogP contribution in [0.4, 0.5) is 14.5 Å². The Kier molecular flexibility index (Phi) is 3.19. The number of nitrogens with one attached hydrogen (secondary N) is 1. The first-order chi connectivity index (χ1) is 10.6. The predicted molar refractivity (Wildman–Crippen MR) is 84.2 cm³/mol. The summed E-state index contributed by atoms with van der Waals surface area (Å²) in [5.41, 5.74) is 2.13. The molecule has 0 saturated heterocycles. The van der Waals surface area contributed by atoms with E-state index in [1.165, 1.54) is 6.07 Å². The molecule has 1 aliphatic heterocycles. The van der Waals surface area contributed by atoms with Gasteiger partial charge in [0, 0.05) is 17.0 Å². The van der Waals surface area contributed by atoms with E-state index in [0.717, 1.165) is 18.1 Å². The van der Waals surface area contributed by atoms with Crippen LogP contribution in [0.25, 0.3) is 0 Å². The molecule has 0 aromatic heterocycles. The van der Waals surface area contributed by atoms with Crippen LogP contribution in [0.2, 0.25) is 5.02 Å². The molecule has 1 heterocycles. The van der Waals surface area contributed by atoms with Gasteiger partial charge in [0.1, 0.15) is 11.6 Å². The van der Waals surface area contributed by atoms with Gasteiger partial charge < -0.3 is 5.32 Å². The van der Waals surface area contributed by atoms with Gasteiger partial charge in [0.15, 0.2) is 0 Å². The standard InChI is InChI=1S/C18H14ClF2N/c19-11-4-1-3-10(7-11)17-14-6-2-5-13(14)15-8-12(20)9-16(21)18(15)22-17/h1-5,7-9,13-14,17,22H,6H2/t13-,14-,17+/m1/s1. The summed E-state index contributed by atoms with van der Waals surface area (Å²) in [6.45, 7) is 0. The number of rotatable bonds is 1.